The summed E-state index contributed by atoms with van der Waals surface area (Å²) in [4.78, 5) is 12.0. The van der Waals surface area contributed by atoms with E-state index in [1.54, 1.807) is 7.11 Å². The van der Waals surface area contributed by atoms with Crippen LogP contribution in [-0.2, 0) is 11.3 Å². The standard InChI is InChI=1S/C18H21ClN2O2/c1-13(14-7-5-8-16(19)10-14)20-12-18(22)21-11-15-6-3-4-9-17(15)23-2/h3-10,13,20H,11-12H2,1-2H3,(H,21,22)/t13-/m1/s1. The van der Waals surface area contributed by atoms with E-state index in [1.807, 2.05) is 55.5 Å². The van der Waals surface area contributed by atoms with E-state index in [9.17, 15) is 4.79 Å². The fourth-order valence-electron chi connectivity index (χ4n) is 2.24. The number of hydrogen-bond acceptors (Lipinski definition) is 3. The first kappa shape index (κ1) is 17.3. The van der Waals surface area contributed by atoms with Gasteiger partial charge in [-0.1, -0.05) is 41.9 Å². The van der Waals surface area contributed by atoms with E-state index in [4.69, 9.17) is 16.3 Å². The average molecular weight is 333 g/mol. The minimum Gasteiger partial charge on any atom is -0.496 e. The van der Waals surface area contributed by atoms with Gasteiger partial charge >= 0.3 is 0 Å². The summed E-state index contributed by atoms with van der Waals surface area (Å²) in [6.07, 6.45) is 0. The van der Waals surface area contributed by atoms with Gasteiger partial charge in [0.15, 0.2) is 0 Å². The summed E-state index contributed by atoms with van der Waals surface area (Å²) in [5, 5.41) is 6.76. The molecule has 2 aromatic carbocycles. The van der Waals surface area contributed by atoms with Gasteiger partial charge in [0.2, 0.25) is 5.91 Å². The zero-order valence-electron chi connectivity index (χ0n) is 13.3. The highest BCUT2D eigenvalue weighted by molar-refractivity contribution is 6.30. The van der Waals surface area contributed by atoms with Crippen LogP contribution in [0.2, 0.25) is 5.02 Å². The number of para-hydroxylation sites is 1. The molecule has 5 heteroatoms. The molecule has 0 unspecified atom stereocenters. The molecule has 0 aliphatic rings. The van der Waals surface area contributed by atoms with Crippen LogP contribution >= 0.6 is 11.6 Å². The van der Waals surface area contributed by atoms with Gasteiger partial charge in [0.05, 0.1) is 13.7 Å². The number of hydrogen-bond donors (Lipinski definition) is 2. The van der Waals surface area contributed by atoms with Crippen LogP contribution in [0, 0.1) is 0 Å². The maximum Gasteiger partial charge on any atom is 0.234 e. The third-order valence-corrected chi connectivity index (χ3v) is 3.82. The Balaban J connectivity index is 1.81. The Kier molecular flexibility index (Phi) is 6.44. The highest BCUT2D eigenvalue weighted by Crippen LogP contribution is 2.17. The van der Waals surface area contributed by atoms with Gasteiger partial charge in [-0.3, -0.25) is 4.79 Å². The lowest BCUT2D eigenvalue weighted by Gasteiger charge is -2.15. The summed E-state index contributed by atoms with van der Waals surface area (Å²) in [7, 11) is 1.62. The second-order valence-corrected chi connectivity index (χ2v) is 5.68. The summed E-state index contributed by atoms with van der Waals surface area (Å²) in [6, 6.07) is 15.3. The van der Waals surface area contributed by atoms with Crippen molar-refractivity contribution in [2.75, 3.05) is 13.7 Å². The Hall–Kier alpha value is -2.04. The summed E-state index contributed by atoms with van der Waals surface area (Å²) in [6.45, 7) is 2.68. The molecule has 1 atom stereocenters. The number of amides is 1. The first-order chi connectivity index (χ1) is 11.1. The Morgan fingerprint density at radius 3 is 2.74 bits per heavy atom. The lowest BCUT2D eigenvalue weighted by molar-refractivity contribution is -0.120. The maximum atomic E-state index is 12.0. The molecule has 1 amide bonds. The molecule has 122 valence electrons. The van der Waals surface area contributed by atoms with Crippen molar-refractivity contribution < 1.29 is 9.53 Å². The van der Waals surface area contributed by atoms with Gasteiger partial charge in [0.1, 0.15) is 5.75 Å². The van der Waals surface area contributed by atoms with Crippen molar-refractivity contribution in [3.8, 4) is 5.75 Å². The molecule has 0 saturated carbocycles. The van der Waals surface area contributed by atoms with E-state index in [-0.39, 0.29) is 18.5 Å². The van der Waals surface area contributed by atoms with Gasteiger partial charge in [-0.05, 0) is 30.7 Å². The van der Waals surface area contributed by atoms with Crippen LogP contribution in [-0.4, -0.2) is 19.6 Å². The van der Waals surface area contributed by atoms with E-state index in [0.29, 0.717) is 11.6 Å². The van der Waals surface area contributed by atoms with Gasteiger partial charge in [0.25, 0.3) is 0 Å². The molecule has 4 nitrogen and oxygen atoms in total. The maximum absolute atomic E-state index is 12.0. The summed E-state index contributed by atoms with van der Waals surface area (Å²) in [5.41, 5.74) is 2.00. The number of nitrogens with one attached hydrogen (secondary N) is 2. The van der Waals surface area contributed by atoms with Crippen LogP contribution in [0.25, 0.3) is 0 Å². The fourth-order valence-corrected chi connectivity index (χ4v) is 2.44. The van der Waals surface area contributed by atoms with Gasteiger partial charge in [-0.2, -0.15) is 0 Å². The van der Waals surface area contributed by atoms with Crippen LogP contribution in [0.4, 0.5) is 0 Å². The zero-order valence-corrected chi connectivity index (χ0v) is 14.1. The molecule has 0 saturated heterocycles. The van der Waals surface area contributed by atoms with Crippen molar-refractivity contribution in [3.05, 3.63) is 64.7 Å². The Labute approximate surface area is 141 Å². The molecule has 23 heavy (non-hydrogen) atoms. The molecule has 0 aliphatic carbocycles. The number of carbonyl (C=O) groups excluding carboxylic acids is 1. The molecule has 0 aromatic heterocycles. The van der Waals surface area contributed by atoms with Crippen molar-refractivity contribution in [3.63, 3.8) is 0 Å². The first-order valence-electron chi connectivity index (χ1n) is 7.47. The SMILES string of the molecule is COc1ccccc1CNC(=O)CN[C@H](C)c1cccc(Cl)c1. The Bertz CT molecular complexity index is 661. The molecular formula is C18H21ClN2O2. The van der Waals surface area contributed by atoms with E-state index in [1.165, 1.54) is 0 Å². The van der Waals surface area contributed by atoms with Crippen molar-refractivity contribution in [2.45, 2.75) is 19.5 Å². The second kappa shape index (κ2) is 8.56. The molecule has 2 N–H and O–H groups in total. The number of benzene rings is 2. The Morgan fingerprint density at radius 2 is 2.00 bits per heavy atom. The van der Waals surface area contributed by atoms with Gasteiger partial charge < -0.3 is 15.4 Å². The van der Waals surface area contributed by atoms with Crippen molar-refractivity contribution >= 4 is 17.5 Å². The van der Waals surface area contributed by atoms with Gasteiger partial charge in [0, 0.05) is 23.2 Å². The van der Waals surface area contributed by atoms with Crippen molar-refractivity contribution in [1.82, 2.24) is 10.6 Å². The normalized spacial score (nSPS) is 11.8. The summed E-state index contributed by atoms with van der Waals surface area (Å²) >= 11 is 5.98. The fraction of sp³-hybridized carbons (Fsp3) is 0.278. The van der Waals surface area contributed by atoms with E-state index in [2.05, 4.69) is 10.6 Å². The third-order valence-electron chi connectivity index (χ3n) is 3.59. The van der Waals surface area contributed by atoms with Crippen LogP contribution in [0.15, 0.2) is 48.5 Å². The van der Waals surface area contributed by atoms with Crippen LogP contribution < -0.4 is 15.4 Å². The molecule has 0 fully saturated rings. The zero-order chi connectivity index (χ0) is 16.7. The Morgan fingerprint density at radius 1 is 1.22 bits per heavy atom. The first-order valence-corrected chi connectivity index (χ1v) is 7.85. The highest BCUT2D eigenvalue weighted by atomic mass is 35.5. The smallest absolute Gasteiger partial charge is 0.234 e. The monoisotopic (exact) mass is 332 g/mol. The lowest BCUT2D eigenvalue weighted by Crippen LogP contribution is -2.34. The van der Waals surface area contributed by atoms with Gasteiger partial charge in [-0.15, -0.1) is 0 Å². The van der Waals surface area contributed by atoms with Crippen molar-refractivity contribution in [1.29, 1.82) is 0 Å². The number of halogens is 1. The summed E-state index contributed by atoms with van der Waals surface area (Å²) in [5.74, 6) is 0.706. The molecule has 0 spiro atoms. The number of ether oxygens (including phenoxy) is 1. The number of carbonyl (C=O) groups is 1. The third kappa shape index (κ3) is 5.27. The second-order valence-electron chi connectivity index (χ2n) is 5.25. The molecule has 0 heterocycles. The number of rotatable bonds is 7. The van der Waals surface area contributed by atoms with Crippen molar-refractivity contribution in [2.24, 2.45) is 0 Å². The van der Waals surface area contributed by atoms with Crippen LogP contribution in [0.5, 0.6) is 5.75 Å². The highest BCUT2D eigenvalue weighted by Gasteiger charge is 2.09. The molecule has 2 aromatic rings. The predicted molar refractivity (Wildman–Crippen MR) is 92.7 cm³/mol. The van der Waals surface area contributed by atoms with Gasteiger partial charge in [-0.25, -0.2) is 0 Å². The minimum absolute atomic E-state index is 0.0470. The molecule has 0 bridgehead atoms. The summed E-state index contributed by atoms with van der Waals surface area (Å²) < 4.78 is 5.27. The number of methoxy groups -OCH3 is 1. The van der Waals surface area contributed by atoms with Crippen LogP contribution in [0.3, 0.4) is 0 Å². The van der Waals surface area contributed by atoms with E-state index in [0.717, 1.165) is 16.9 Å². The molecular weight excluding hydrogens is 312 g/mol. The molecule has 0 radical (unpaired) electrons. The topological polar surface area (TPSA) is 50.4 Å². The quantitative estimate of drug-likeness (QED) is 0.817. The minimum atomic E-state index is -0.0650. The van der Waals surface area contributed by atoms with E-state index >= 15 is 0 Å². The van der Waals surface area contributed by atoms with Crippen LogP contribution in [0.1, 0.15) is 24.1 Å². The largest absolute Gasteiger partial charge is 0.496 e. The lowest BCUT2D eigenvalue weighted by atomic mass is 10.1. The average Bonchev–Trinajstić information content (AvgIpc) is 2.58. The molecule has 2 rings (SSSR count). The molecule has 0 aliphatic heterocycles. The van der Waals surface area contributed by atoms with E-state index < -0.39 is 0 Å². The predicted octanol–water partition coefficient (Wildman–Crippen LogP) is 3.32.